The quantitative estimate of drug-likeness (QED) is 0.803. The van der Waals surface area contributed by atoms with Gasteiger partial charge in [0.05, 0.1) is 5.60 Å². The zero-order valence-electron chi connectivity index (χ0n) is 11.9. The van der Waals surface area contributed by atoms with Crippen LogP contribution in [-0.2, 0) is 5.60 Å². The molecule has 0 radical (unpaired) electrons. The molecule has 0 spiro atoms. The minimum absolute atomic E-state index is 0.603. The Labute approximate surface area is 106 Å². The SMILES string of the molecule is CCC(CC)CC(C)(O)c1cc(C)cc(C)c1. The summed E-state index contributed by atoms with van der Waals surface area (Å²) >= 11 is 0. The molecular weight excluding hydrogens is 208 g/mol. The van der Waals surface area contributed by atoms with Crippen LogP contribution in [0.4, 0.5) is 0 Å². The van der Waals surface area contributed by atoms with Crippen molar-refractivity contribution in [3.8, 4) is 0 Å². The van der Waals surface area contributed by atoms with Crippen molar-refractivity contribution in [2.24, 2.45) is 5.92 Å². The third kappa shape index (κ3) is 3.85. The van der Waals surface area contributed by atoms with Gasteiger partial charge in [0.25, 0.3) is 0 Å². The normalized spacial score (nSPS) is 15.0. The molecule has 0 amide bonds. The van der Waals surface area contributed by atoms with Crippen molar-refractivity contribution in [2.45, 2.75) is 59.5 Å². The molecule has 1 nitrogen and oxygen atoms in total. The first-order chi connectivity index (χ1) is 7.89. The van der Waals surface area contributed by atoms with E-state index in [0.29, 0.717) is 5.92 Å². The van der Waals surface area contributed by atoms with Gasteiger partial charge in [-0.05, 0) is 38.7 Å². The van der Waals surface area contributed by atoms with Gasteiger partial charge >= 0.3 is 0 Å². The van der Waals surface area contributed by atoms with Crippen LogP contribution in [0.3, 0.4) is 0 Å². The first-order valence-electron chi connectivity index (χ1n) is 6.70. The van der Waals surface area contributed by atoms with E-state index in [1.54, 1.807) is 0 Å². The highest BCUT2D eigenvalue weighted by Gasteiger charge is 2.26. The molecule has 17 heavy (non-hydrogen) atoms. The fourth-order valence-electron chi connectivity index (χ4n) is 2.54. The first-order valence-corrected chi connectivity index (χ1v) is 6.70. The van der Waals surface area contributed by atoms with Crippen LogP contribution in [0.5, 0.6) is 0 Å². The van der Waals surface area contributed by atoms with E-state index in [0.717, 1.165) is 24.8 Å². The van der Waals surface area contributed by atoms with Crippen LogP contribution in [0.25, 0.3) is 0 Å². The number of rotatable bonds is 5. The Morgan fingerprint density at radius 1 is 1.06 bits per heavy atom. The lowest BCUT2D eigenvalue weighted by Crippen LogP contribution is -2.25. The first kappa shape index (κ1) is 14.2. The van der Waals surface area contributed by atoms with Crippen molar-refractivity contribution in [1.29, 1.82) is 0 Å². The van der Waals surface area contributed by atoms with Crippen LogP contribution in [0.1, 0.15) is 56.7 Å². The second kappa shape index (κ2) is 5.68. The second-order valence-electron chi connectivity index (χ2n) is 5.54. The summed E-state index contributed by atoms with van der Waals surface area (Å²) in [4.78, 5) is 0. The van der Waals surface area contributed by atoms with Crippen molar-refractivity contribution in [1.82, 2.24) is 0 Å². The highest BCUT2D eigenvalue weighted by atomic mass is 16.3. The number of hydrogen-bond acceptors (Lipinski definition) is 1. The van der Waals surface area contributed by atoms with Gasteiger partial charge in [0.15, 0.2) is 0 Å². The van der Waals surface area contributed by atoms with E-state index in [1.165, 1.54) is 11.1 Å². The number of aliphatic hydroxyl groups is 1. The molecule has 0 aliphatic carbocycles. The summed E-state index contributed by atoms with van der Waals surface area (Å²) in [6.07, 6.45) is 3.12. The van der Waals surface area contributed by atoms with Gasteiger partial charge in [-0.25, -0.2) is 0 Å². The largest absolute Gasteiger partial charge is 0.385 e. The summed E-state index contributed by atoms with van der Waals surface area (Å²) in [6, 6.07) is 6.36. The smallest absolute Gasteiger partial charge is 0.0871 e. The van der Waals surface area contributed by atoms with Crippen molar-refractivity contribution in [2.75, 3.05) is 0 Å². The molecule has 1 rings (SSSR count). The third-order valence-corrected chi connectivity index (χ3v) is 3.68. The van der Waals surface area contributed by atoms with Gasteiger partial charge in [0, 0.05) is 0 Å². The maximum atomic E-state index is 10.7. The zero-order valence-corrected chi connectivity index (χ0v) is 11.9. The minimum Gasteiger partial charge on any atom is -0.385 e. The van der Waals surface area contributed by atoms with Crippen molar-refractivity contribution >= 4 is 0 Å². The van der Waals surface area contributed by atoms with E-state index in [-0.39, 0.29) is 0 Å². The van der Waals surface area contributed by atoms with Crippen LogP contribution in [0, 0.1) is 19.8 Å². The molecule has 1 N–H and O–H groups in total. The second-order valence-corrected chi connectivity index (χ2v) is 5.54. The van der Waals surface area contributed by atoms with Gasteiger partial charge in [-0.1, -0.05) is 56.0 Å². The highest BCUT2D eigenvalue weighted by molar-refractivity contribution is 5.32. The topological polar surface area (TPSA) is 20.2 Å². The lowest BCUT2D eigenvalue weighted by molar-refractivity contribution is 0.0285. The summed E-state index contributed by atoms with van der Waals surface area (Å²) in [6.45, 7) is 10.5. The monoisotopic (exact) mass is 234 g/mol. The van der Waals surface area contributed by atoms with Crippen molar-refractivity contribution in [3.63, 3.8) is 0 Å². The molecule has 0 aliphatic heterocycles. The summed E-state index contributed by atoms with van der Waals surface area (Å²) in [5, 5.41) is 10.7. The van der Waals surface area contributed by atoms with Gasteiger partial charge in [0.2, 0.25) is 0 Å². The molecule has 1 unspecified atom stereocenters. The molecule has 1 aromatic carbocycles. The molecule has 0 aliphatic rings. The molecule has 0 heterocycles. The Balaban J connectivity index is 2.95. The number of benzene rings is 1. The Morgan fingerprint density at radius 2 is 1.53 bits per heavy atom. The standard InChI is InChI=1S/C16H26O/c1-6-14(7-2)11-16(5,17)15-9-12(3)8-13(4)10-15/h8-10,14,17H,6-7,11H2,1-5H3. The number of aryl methyl sites for hydroxylation is 2. The Morgan fingerprint density at radius 3 is 1.94 bits per heavy atom. The molecule has 96 valence electrons. The van der Waals surface area contributed by atoms with Crippen molar-refractivity contribution in [3.05, 3.63) is 34.9 Å². The summed E-state index contributed by atoms with van der Waals surface area (Å²) in [5.74, 6) is 0.603. The maximum absolute atomic E-state index is 10.7. The van der Waals surface area contributed by atoms with Crippen LogP contribution >= 0.6 is 0 Å². The molecular formula is C16H26O. The van der Waals surface area contributed by atoms with E-state index in [1.807, 2.05) is 6.92 Å². The van der Waals surface area contributed by atoms with Crippen LogP contribution in [0.15, 0.2) is 18.2 Å². The van der Waals surface area contributed by atoms with Gasteiger partial charge in [-0.3, -0.25) is 0 Å². The zero-order chi connectivity index (χ0) is 13.1. The van der Waals surface area contributed by atoms with Crippen LogP contribution in [0.2, 0.25) is 0 Å². The fraction of sp³-hybridized carbons (Fsp3) is 0.625. The summed E-state index contributed by atoms with van der Waals surface area (Å²) in [5.41, 5.74) is 2.81. The molecule has 1 aromatic rings. The predicted molar refractivity (Wildman–Crippen MR) is 74.2 cm³/mol. The third-order valence-electron chi connectivity index (χ3n) is 3.68. The fourth-order valence-corrected chi connectivity index (χ4v) is 2.54. The van der Waals surface area contributed by atoms with Crippen LogP contribution in [-0.4, -0.2) is 5.11 Å². The molecule has 0 saturated carbocycles. The van der Waals surface area contributed by atoms with E-state index >= 15 is 0 Å². The van der Waals surface area contributed by atoms with Crippen molar-refractivity contribution < 1.29 is 5.11 Å². The van der Waals surface area contributed by atoms with Crippen LogP contribution < -0.4 is 0 Å². The Bertz CT molecular complexity index is 342. The molecule has 0 bridgehead atoms. The van der Waals surface area contributed by atoms with Gasteiger partial charge in [-0.2, -0.15) is 0 Å². The highest BCUT2D eigenvalue weighted by Crippen LogP contribution is 2.31. The van der Waals surface area contributed by atoms with Gasteiger partial charge < -0.3 is 5.11 Å². The van der Waals surface area contributed by atoms with E-state index in [2.05, 4.69) is 45.9 Å². The summed E-state index contributed by atoms with van der Waals surface area (Å²) < 4.78 is 0. The number of hydrogen-bond donors (Lipinski definition) is 1. The average Bonchev–Trinajstić information content (AvgIpc) is 2.24. The molecule has 0 saturated heterocycles. The van der Waals surface area contributed by atoms with E-state index in [9.17, 15) is 5.11 Å². The minimum atomic E-state index is -0.701. The average molecular weight is 234 g/mol. The predicted octanol–water partition coefficient (Wildman–Crippen LogP) is 4.34. The summed E-state index contributed by atoms with van der Waals surface area (Å²) in [7, 11) is 0. The van der Waals surface area contributed by atoms with E-state index < -0.39 is 5.60 Å². The maximum Gasteiger partial charge on any atom is 0.0871 e. The van der Waals surface area contributed by atoms with Gasteiger partial charge in [-0.15, -0.1) is 0 Å². The Kier molecular flexibility index (Phi) is 4.76. The molecule has 1 heteroatoms. The molecule has 1 atom stereocenters. The lowest BCUT2D eigenvalue weighted by Gasteiger charge is -2.28. The molecule has 0 aromatic heterocycles. The lowest BCUT2D eigenvalue weighted by atomic mass is 9.83. The molecule has 0 fully saturated rings. The van der Waals surface area contributed by atoms with Gasteiger partial charge in [0.1, 0.15) is 0 Å². The van der Waals surface area contributed by atoms with E-state index in [4.69, 9.17) is 0 Å². The Hall–Kier alpha value is -0.820.